The molecule has 2 aliphatic carbocycles. The summed E-state index contributed by atoms with van der Waals surface area (Å²) >= 11 is 1.94. The average Bonchev–Trinajstić information content (AvgIpc) is 3.61. The highest BCUT2D eigenvalue weighted by molar-refractivity contribution is 7.26. The van der Waals surface area contributed by atoms with Crippen molar-refractivity contribution < 1.29 is 0 Å². The normalized spacial score (nSPS) is 16.4. The smallest absolute Gasteiger partial charge is 0.0726 e. The molecule has 7 aromatic rings. The fraction of sp³-hybridized carbons (Fsp3) is 0.0526. The van der Waals surface area contributed by atoms with Gasteiger partial charge in [-0.2, -0.15) is 0 Å². The van der Waals surface area contributed by atoms with E-state index in [1.54, 1.807) is 0 Å². The first-order valence-electron chi connectivity index (χ1n) is 13.7. The summed E-state index contributed by atoms with van der Waals surface area (Å²) in [5.74, 6) is 0. The third-order valence-electron chi connectivity index (χ3n) is 8.91. The third kappa shape index (κ3) is 2.73. The van der Waals surface area contributed by atoms with Crippen LogP contribution in [0.25, 0.3) is 42.4 Å². The second-order valence-electron chi connectivity index (χ2n) is 10.8. The Labute approximate surface area is 231 Å². The molecule has 6 aromatic carbocycles. The summed E-state index contributed by atoms with van der Waals surface area (Å²) in [6.07, 6.45) is 0.935. The monoisotopic (exact) mass is 512 g/mol. The first kappa shape index (κ1) is 21.5. The molecule has 9 rings (SSSR count). The van der Waals surface area contributed by atoms with Gasteiger partial charge in [-0.3, -0.25) is 0 Å². The molecule has 0 amide bonds. The van der Waals surface area contributed by atoms with E-state index in [0.29, 0.717) is 0 Å². The Morgan fingerprint density at radius 3 is 2.03 bits per heavy atom. The van der Waals surface area contributed by atoms with Gasteiger partial charge in [-0.25, -0.2) is 0 Å². The zero-order valence-electron chi connectivity index (χ0n) is 21.3. The van der Waals surface area contributed by atoms with Crippen molar-refractivity contribution >= 4 is 31.5 Å². The minimum atomic E-state index is -0.311. The summed E-state index contributed by atoms with van der Waals surface area (Å²) in [6.45, 7) is 0. The Balaban J connectivity index is 1.40. The molecule has 0 nitrogen and oxygen atoms in total. The Bertz CT molecular complexity index is 2100. The van der Waals surface area contributed by atoms with Gasteiger partial charge in [0.05, 0.1) is 5.41 Å². The molecule has 0 bridgehead atoms. The van der Waals surface area contributed by atoms with Crippen molar-refractivity contribution in [2.45, 2.75) is 11.8 Å². The van der Waals surface area contributed by atoms with Crippen LogP contribution >= 0.6 is 11.3 Å². The van der Waals surface area contributed by atoms with Gasteiger partial charge in [0.25, 0.3) is 0 Å². The maximum Gasteiger partial charge on any atom is 0.0726 e. The van der Waals surface area contributed by atoms with Crippen molar-refractivity contribution in [1.82, 2.24) is 0 Å². The second-order valence-corrected chi connectivity index (χ2v) is 11.9. The summed E-state index contributed by atoms with van der Waals surface area (Å²) < 4.78 is 2.76. The van der Waals surface area contributed by atoms with Crippen molar-refractivity contribution in [2.75, 3.05) is 0 Å². The van der Waals surface area contributed by atoms with Gasteiger partial charge in [0.1, 0.15) is 0 Å². The Morgan fingerprint density at radius 2 is 1.15 bits per heavy atom. The molecule has 1 atom stereocenters. The number of thiophene rings is 1. The highest BCUT2D eigenvalue weighted by Gasteiger charge is 2.52. The van der Waals surface area contributed by atoms with E-state index in [1.807, 2.05) is 11.3 Å². The first-order valence-corrected chi connectivity index (χ1v) is 14.5. The predicted octanol–water partition coefficient (Wildman–Crippen LogP) is 9.99. The third-order valence-corrected chi connectivity index (χ3v) is 10.1. The fourth-order valence-corrected chi connectivity index (χ4v) is 8.65. The van der Waals surface area contributed by atoms with Crippen LogP contribution in [0.2, 0.25) is 0 Å². The van der Waals surface area contributed by atoms with Crippen molar-refractivity contribution in [3.05, 3.63) is 167 Å². The van der Waals surface area contributed by atoms with Crippen molar-refractivity contribution in [3.8, 4) is 22.3 Å². The van der Waals surface area contributed by atoms with Gasteiger partial charge in [-0.1, -0.05) is 127 Å². The fourth-order valence-electron chi connectivity index (χ4n) is 7.39. The Morgan fingerprint density at radius 1 is 0.462 bits per heavy atom. The summed E-state index contributed by atoms with van der Waals surface area (Å²) in [7, 11) is 0. The summed E-state index contributed by atoms with van der Waals surface area (Å²) in [6, 6.07) is 50.0. The Kier molecular flexibility index (Phi) is 4.29. The topological polar surface area (TPSA) is 0 Å². The van der Waals surface area contributed by atoms with Gasteiger partial charge in [-0.15, -0.1) is 11.3 Å². The molecule has 1 heteroatoms. The minimum Gasteiger partial charge on any atom is -0.135 e. The molecule has 39 heavy (non-hydrogen) atoms. The van der Waals surface area contributed by atoms with Gasteiger partial charge in [-0.05, 0) is 62.6 Å². The van der Waals surface area contributed by atoms with Crippen molar-refractivity contribution in [2.24, 2.45) is 0 Å². The van der Waals surface area contributed by atoms with Crippen LogP contribution in [0.4, 0.5) is 0 Å². The van der Waals surface area contributed by atoms with Crippen LogP contribution < -0.4 is 0 Å². The van der Waals surface area contributed by atoms with Crippen LogP contribution in [-0.2, 0) is 11.8 Å². The van der Waals surface area contributed by atoms with E-state index >= 15 is 0 Å². The van der Waals surface area contributed by atoms with Crippen LogP contribution in [-0.4, -0.2) is 0 Å². The minimum absolute atomic E-state index is 0.311. The lowest BCUT2D eigenvalue weighted by atomic mass is 9.70. The standard InChI is InChI=1S/C38H24S/c1-2-10-24(11-3-1)22-25-18-19-27-26-12-4-7-15-31(26)38(34(27)23-25)32-16-8-5-14-30(32)36-33(38)21-20-29-28-13-6-9-17-35(28)39-37(29)36/h1-21,23H,22H2. The SMILES string of the molecule is c1ccc(Cc2ccc3c(c2)C2(c4ccccc4-3)c3ccccc3-c3c2ccc2c3sc3ccccc32)cc1. The number of hydrogen-bond donors (Lipinski definition) is 0. The number of benzene rings is 6. The van der Waals surface area contributed by atoms with E-state index in [-0.39, 0.29) is 5.41 Å². The lowest BCUT2D eigenvalue weighted by molar-refractivity contribution is 0.792. The lowest BCUT2D eigenvalue weighted by Crippen LogP contribution is -2.26. The number of fused-ring (bicyclic) bond motifs is 14. The van der Waals surface area contributed by atoms with Crippen LogP contribution in [0.15, 0.2) is 133 Å². The highest BCUT2D eigenvalue weighted by Crippen LogP contribution is 2.64. The van der Waals surface area contributed by atoms with E-state index in [9.17, 15) is 0 Å². The average molecular weight is 513 g/mol. The van der Waals surface area contributed by atoms with Crippen LogP contribution in [0.1, 0.15) is 33.4 Å². The Hall–Kier alpha value is -4.46. The van der Waals surface area contributed by atoms with E-state index < -0.39 is 0 Å². The van der Waals surface area contributed by atoms with Crippen LogP contribution in [0.5, 0.6) is 0 Å². The zero-order chi connectivity index (χ0) is 25.6. The molecule has 0 N–H and O–H groups in total. The molecular formula is C38H24S. The van der Waals surface area contributed by atoms with Gasteiger partial charge in [0.2, 0.25) is 0 Å². The molecule has 2 aliphatic rings. The van der Waals surface area contributed by atoms with Gasteiger partial charge in [0.15, 0.2) is 0 Å². The van der Waals surface area contributed by atoms with Gasteiger partial charge < -0.3 is 0 Å². The van der Waals surface area contributed by atoms with E-state index in [0.717, 1.165) is 6.42 Å². The predicted molar refractivity (Wildman–Crippen MR) is 165 cm³/mol. The quantitative estimate of drug-likeness (QED) is 0.216. The summed E-state index contributed by atoms with van der Waals surface area (Å²) in [4.78, 5) is 0. The van der Waals surface area contributed by atoms with Gasteiger partial charge in [0, 0.05) is 25.7 Å². The zero-order valence-corrected chi connectivity index (χ0v) is 22.1. The largest absolute Gasteiger partial charge is 0.135 e. The molecule has 182 valence electrons. The van der Waals surface area contributed by atoms with Gasteiger partial charge >= 0.3 is 0 Å². The van der Waals surface area contributed by atoms with E-state index in [4.69, 9.17) is 0 Å². The van der Waals surface area contributed by atoms with Crippen LogP contribution in [0, 0.1) is 0 Å². The summed E-state index contributed by atoms with van der Waals surface area (Å²) in [5, 5.41) is 2.72. The number of hydrogen-bond acceptors (Lipinski definition) is 1. The van der Waals surface area contributed by atoms with Crippen molar-refractivity contribution in [3.63, 3.8) is 0 Å². The molecular weight excluding hydrogens is 488 g/mol. The molecule has 1 aromatic heterocycles. The molecule has 1 heterocycles. The maximum absolute atomic E-state index is 2.50. The maximum atomic E-state index is 2.50. The highest BCUT2D eigenvalue weighted by atomic mass is 32.1. The molecule has 0 saturated heterocycles. The summed E-state index contributed by atoms with van der Waals surface area (Å²) in [5.41, 5.74) is 13.6. The molecule has 0 saturated carbocycles. The van der Waals surface area contributed by atoms with E-state index in [2.05, 4.69) is 133 Å². The lowest BCUT2D eigenvalue weighted by Gasteiger charge is -2.30. The van der Waals surface area contributed by atoms with Crippen molar-refractivity contribution in [1.29, 1.82) is 0 Å². The first-order chi connectivity index (χ1) is 19.3. The van der Waals surface area contributed by atoms with E-state index in [1.165, 1.54) is 75.8 Å². The molecule has 1 unspecified atom stereocenters. The molecule has 1 spiro atoms. The second kappa shape index (κ2) is 7.79. The number of rotatable bonds is 2. The molecule has 0 radical (unpaired) electrons. The molecule has 0 aliphatic heterocycles. The molecule has 0 fully saturated rings. The van der Waals surface area contributed by atoms with Crippen LogP contribution in [0.3, 0.4) is 0 Å².